The average Bonchev–Trinajstić information content (AvgIpc) is 2.89. The van der Waals surface area contributed by atoms with E-state index in [-0.39, 0.29) is 0 Å². The monoisotopic (exact) mass is 288 g/mol. The van der Waals surface area contributed by atoms with E-state index in [9.17, 15) is 0 Å². The minimum atomic E-state index is 0.731. The topological polar surface area (TPSA) is 45.4 Å². The molecule has 2 aliphatic rings. The molecule has 3 heterocycles. The molecule has 1 aromatic heterocycles. The van der Waals surface area contributed by atoms with E-state index in [0.29, 0.717) is 0 Å². The van der Waals surface area contributed by atoms with Crippen LogP contribution in [0.5, 0.6) is 0 Å². The van der Waals surface area contributed by atoms with Crippen molar-refractivity contribution in [1.82, 2.24) is 9.88 Å². The first kappa shape index (κ1) is 12.4. The Labute approximate surface area is 123 Å². The zero-order valence-electron chi connectivity index (χ0n) is 11.6. The molecule has 20 heavy (non-hydrogen) atoms. The molecule has 0 aliphatic carbocycles. The summed E-state index contributed by atoms with van der Waals surface area (Å²) in [6, 6.07) is 6.73. The van der Waals surface area contributed by atoms with Crippen LogP contribution in [0.1, 0.15) is 19.3 Å². The van der Waals surface area contributed by atoms with Gasteiger partial charge in [-0.2, -0.15) is 0 Å². The van der Waals surface area contributed by atoms with Gasteiger partial charge < -0.3 is 10.6 Å². The Morgan fingerprint density at radius 1 is 1.20 bits per heavy atom. The predicted octanol–water partition coefficient (Wildman–Crippen LogP) is 2.55. The van der Waals surface area contributed by atoms with Crippen LogP contribution in [0.25, 0.3) is 10.2 Å². The van der Waals surface area contributed by atoms with Crippen LogP contribution >= 0.6 is 11.3 Å². The van der Waals surface area contributed by atoms with Crippen LogP contribution < -0.4 is 10.6 Å². The second-order valence-corrected chi connectivity index (χ2v) is 6.86. The van der Waals surface area contributed by atoms with E-state index in [0.717, 1.165) is 35.5 Å². The Morgan fingerprint density at radius 3 is 3.10 bits per heavy atom. The number of nitrogens with zero attached hydrogens (tertiary/aromatic N) is 3. The van der Waals surface area contributed by atoms with Crippen molar-refractivity contribution in [3.8, 4) is 0 Å². The summed E-state index contributed by atoms with van der Waals surface area (Å²) in [5.74, 6) is 0. The number of piperazine rings is 1. The molecular formula is C15H20N4S. The van der Waals surface area contributed by atoms with Crippen LogP contribution in [0.4, 0.5) is 10.8 Å². The molecule has 2 N–H and O–H groups in total. The number of hydrogen-bond donors (Lipinski definition) is 1. The molecule has 106 valence electrons. The Balaban J connectivity index is 1.59. The third-order valence-corrected chi connectivity index (χ3v) is 5.59. The summed E-state index contributed by atoms with van der Waals surface area (Å²) in [5, 5.41) is 1.16. The van der Waals surface area contributed by atoms with Crippen molar-refractivity contribution in [2.24, 2.45) is 0 Å². The minimum absolute atomic E-state index is 0.731. The molecule has 0 amide bonds. The first-order valence-corrected chi connectivity index (χ1v) is 8.26. The van der Waals surface area contributed by atoms with Crippen LogP contribution in [0, 0.1) is 0 Å². The fourth-order valence-corrected chi connectivity index (χ4v) is 4.44. The highest BCUT2D eigenvalue weighted by Gasteiger charge is 2.30. The third-order valence-electron chi connectivity index (χ3n) is 4.51. The second kappa shape index (κ2) is 4.90. The summed E-state index contributed by atoms with van der Waals surface area (Å²) in [5.41, 5.74) is 7.76. The maximum atomic E-state index is 5.86. The summed E-state index contributed by atoms with van der Waals surface area (Å²) in [6.07, 6.45) is 4.09. The van der Waals surface area contributed by atoms with E-state index in [1.165, 1.54) is 37.1 Å². The van der Waals surface area contributed by atoms with E-state index in [1.54, 1.807) is 11.3 Å². The van der Waals surface area contributed by atoms with Gasteiger partial charge in [-0.3, -0.25) is 4.90 Å². The molecule has 0 radical (unpaired) electrons. The first-order valence-electron chi connectivity index (χ1n) is 7.45. The normalized spacial score (nSPS) is 24.0. The first-order chi connectivity index (χ1) is 9.79. The minimum Gasteiger partial charge on any atom is -0.399 e. The van der Waals surface area contributed by atoms with E-state index in [2.05, 4.69) is 9.80 Å². The lowest BCUT2D eigenvalue weighted by atomic mass is 10.00. The van der Waals surface area contributed by atoms with Crippen LogP contribution in [-0.4, -0.2) is 42.1 Å². The van der Waals surface area contributed by atoms with Crippen molar-refractivity contribution in [2.75, 3.05) is 36.8 Å². The van der Waals surface area contributed by atoms with Gasteiger partial charge in [-0.15, -0.1) is 0 Å². The van der Waals surface area contributed by atoms with Crippen LogP contribution in [0.2, 0.25) is 0 Å². The quantitative estimate of drug-likeness (QED) is 0.819. The number of nitrogen functional groups attached to an aromatic ring is 1. The Morgan fingerprint density at radius 2 is 2.15 bits per heavy atom. The highest BCUT2D eigenvalue weighted by molar-refractivity contribution is 7.22. The molecule has 2 saturated heterocycles. The van der Waals surface area contributed by atoms with Gasteiger partial charge in [0, 0.05) is 31.4 Å². The number of anilines is 2. The predicted molar refractivity (Wildman–Crippen MR) is 85.5 cm³/mol. The van der Waals surface area contributed by atoms with Crippen molar-refractivity contribution in [3.63, 3.8) is 0 Å². The smallest absolute Gasteiger partial charge is 0.186 e. The number of benzene rings is 1. The number of hydrogen-bond acceptors (Lipinski definition) is 5. The van der Waals surface area contributed by atoms with Gasteiger partial charge in [0.25, 0.3) is 0 Å². The molecule has 0 saturated carbocycles. The van der Waals surface area contributed by atoms with Crippen LogP contribution in [0.3, 0.4) is 0 Å². The second-order valence-electron chi connectivity index (χ2n) is 5.86. The summed E-state index contributed by atoms with van der Waals surface area (Å²) in [6.45, 7) is 4.71. The van der Waals surface area contributed by atoms with Gasteiger partial charge in [-0.25, -0.2) is 4.98 Å². The average molecular weight is 288 g/mol. The van der Waals surface area contributed by atoms with Crippen LogP contribution in [-0.2, 0) is 0 Å². The van der Waals surface area contributed by atoms with E-state index in [1.807, 2.05) is 18.2 Å². The molecule has 4 rings (SSSR count). The number of aromatic nitrogens is 1. The molecule has 4 nitrogen and oxygen atoms in total. The fourth-order valence-electron chi connectivity index (χ4n) is 3.39. The highest BCUT2D eigenvalue weighted by Crippen LogP contribution is 2.32. The molecule has 2 aromatic rings. The molecule has 2 fully saturated rings. The van der Waals surface area contributed by atoms with E-state index in [4.69, 9.17) is 10.7 Å². The molecule has 5 heteroatoms. The van der Waals surface area contributed by atoms with E-state index >= 15 is 0 Å². The maximum absolute atomic E-state index is 5.86. The van der Waals surface area contributed by atoms with Crippen molar-refractivity contribution < 1.29 is 0 Å². The van der Waals surface area contributed by atoms with Gasteiger partial charge in [0.05, 0.1) is 10.2 Å². The summed E-state index contributed by atoms with van der Waals surface area (Å²) < 4.78 is 1.20. The van der Waals surface area contributed by atoms with Gasteiger partial charge in [0.1, 0.15) is 0 Å². The summed E-state index contributed by atoms with van der Waals surface area (Å²) >= 11 is 1.77. The molecule has 0 bridgehead atoms. The molecule has 1 unspecified atom stereocenters. The Bertz CT molecular complexity index is 623. The number of fused-ring (bicyclic) bond motifs is 2. The standard InChI is InChI=1S/C15H20N4S/c16-11-4-5-13-14(9-11)20-15(17-13)19-8-7-18-6-2-1-3-12(18)10-19/h4-5,9,12H,1-3,6-8,10,16H2. The largest absolute Gasteiger partial charge is 0.399 e. The van der Waals surface area contributed by atoms with Gasteiger partial charge in [0.15, 0.2) is 5.13 Å². The van der Waals surface area contributed by atoms with Gasteiger partial charge in [0.2, 0.25) is 0 Å². The zero-order valence-corrected chi connectivity index (χ0v) is 12.4. The summed E-state index contributed by atoms with van der Waals surface area (Å²) in [7, 11) is 0. The van der Waals surface area contributed by atoms with Crippen molar-refractivity contribution >= 4 is 32.4 Å². The number of rotatable bonds is 1. The lowest BCUT2D eigenvalue weighted by Gasteiger charge is -2.43. The summed E-state index contributed by atoms with van der Waals surface area (Å²) in [4.78, 5) is 9.91. The number of piperidine rings is 1. The lowest BCUT2D eigenvalue weighted by Crippen LogP contribution is -2.54. The third kappa shape index (κ3) is 2.15. The molecule has 1 atom stereocenters. The van der Waals surface area contributed by atoms with Gasteiger partial charge in [-0.05, 0) is 37.6 Å². The van der Waals surface area contributed by atoms with Gasteiger partial charge in [-0.1, -0.05) is 17.8 Å². The lowest BCUT2D eigenvalue weighted by molar-refractivity contribution is 0.133. The Hall–Kier alpha value is -1.33. The maximum Gasteiger partial charge on any atom is 0.186 e. The van der Waals surface area contributed by atoms with Crippen molar-refractivity contribution in [3.05, 3.63) is 18.2 Å². The molecular weight excluding hydrogens is 268 g/mol. The number of nitrogens with two attached hydrogens (primary N) is 1. The molecule has 1 aromatic carbocycles. The molecule has 2 aliphatic heterocycles. The Kier molecular flexibility index (Phi) is 3.04. The van der Waals surface area contributed by atoms with Crippen molar-refractivity contribution in [1.29, 1.82) is 0 Å². The fraction of sp³-hybridized carbons (Fsp3) is 0.533. The zero-order chi connectivity index (χ0) is 13.5. The van der Waals surface area contributed by atoms with Gasteiger partial charge >= 0.3 is 0 Å². The SMILES string of the molecule is Nc1ccc2nc(N3CCN4CCCCC4C3)sc2c1. The van der Waals surface area contributed by atoms with E-state index < -0.39 is 0 Å². The molecule has 0 spiro atoms. The van der Waals surface area contributed by atoms with Crippen molar-refractivity contribution in [2.45, 2.75) is 25.3 Å². The highest BCUT2D eigenvalue weighted by atomic mass is 32.1. The van der Waals surface area contributed by atoms with Crippen LogP contribution in [0.15, 0.2) is 18.2 Å². The number of thiazole rings is 1.